The number of carbonyl (C=O) groups excluding carboxylic acids is 1. The van der Waals surface area contributed by atoms with Gasteiger partial charge < -0.3 is 20.1 Å². The van der Waals surface area contributed by atoms with E-state index in [2.05, 4.69) is 6.07 Å². The highest BCUT2D eigenvalue weighted by atomic mass is 16.5. The van der Waals surface area contributed by atoms with Crippen molar-refractivity contribution in [2.45, 2.75) is 38.3 Å². The summed E-state index contributed by atoms with van der Waals surface area (Å²) in [6, 6.07) is 6.03. The summed E-state index contributed by atoms with van der Waals surface area (Å²) in [6.07, 6.45) is 2.44. The van der Waals surface area contributed by atoms with E-state index in [1.807, 2.05) is 24.0 Å². The molecule has 3 rings (SSSR count). The lowest BCUT2D eigenvalue weighted by atomic mass is 10.0. The molecule has 0 saturated carbocycles. The monoisotopic (exact) mass is 304 g/mol. The van der Waals surface area contributed by atoms with Gasteiger partial charge in [0.25, 0.3) is 0 Å². The van der Waals surface area contributed by atoms with Crippen molar-refractivity contribution in [1.82, 2.24) is 4.90 Å². The standard InChI is InChI=1S/C17H24N2O3/c1-12(18)16-11-19(6-8-22-16)17(20)10-13-4-5-15-14(9-13)3-2-7-21-15/h4-5,9,12,16H,2-3,6-8,10-11,18H2,1H3. The maximum absolute atomic E-state index is 12.5. The molecule has 2 unspecified atom stereocenters. The molecule has 0 aliphatic carbocycles. The Labute approximate surface area is 131 Å². The van der Waals surface area contributed by atoms with Gasteiger partial charge in [0.15, 0.2) is 0 Å². The van der Waals surface area contributed by atoms with Gasteiger partial charge in [-0.3, -0.25) is 4.79 Å². The zero-order chi connectivity index (χ0) is 15.5. The van der Waals surface area contributed by atoms with Crippen LogP contribution in [0.4, 0.5) is 0 Å². The van der Waals surface area contributed by atoms with Gasteiger partial charge in [0.1, 0.15) is 5.75 Å². The number of hydrogen-bond acceptors (Lipinski definition) is 4. The van der Waals surface area contributed by atoms with Crippen LogP contribution in [0.3, 0.4) is 0 Å². The lowest BCUT2D eigenvalue weighted by Crippen LogP contribution is -2.51. The van der Waals surface area contributed by atoms with Crippen molar-refractivity contribution < 1.29 is 14.3 Å². The van der Waals surface area contributed by atoms with Gasteiger partial charge in [-0.15, -0.1) is 0 Å². The lowest BCUT2D eigenvalue weighted by molar-refractivity contribution is -0.138. The van der Waals surface area contributed by atoms with Crippen LogP contribution in [-0.2, 0) is 22.4 Å². The van der Waals surface area contributed by atoms with E-state index >= 15 is 0 Å². The number of fused-ring (bicyclic) bond motifs is 1. The molecule has 2 aliphatic rings. The predicted molar refractivity (Wildman–Crippen MR) is 83.9 cm³/mol. The molecule has 1 saturated heterocycles. The Balaban J connectivity index is 1.64. The van der Waals surface area contributed by atoms with Crippen LogP contribution in [0.2, 0.25) is 0 Å². The van der Waals surface area contributed by atoms with Crippen LogP contribution in [0, 0.1) is 0 Å². The second kappa shape index (κ2) is 6.67. The number of amides is 1. The first-order valence-corrected chi connectivity index (χ1v) is 8.03. The largest absolute Gasteiger partial charge is 0.493 e. The maximum Gasteiger partial charge on any atom is 0.227 e. The molecule has 1 amide bonds. The fourth-order valence-corrected chi connectivity index (χ4v) is 3.03. The third-order valence-electron chi connectivity index (χ3n) is 4.36. The van der Waals surface area contributed by atoms with Crippen LogP contribution in [0.15, 0.2) is 18.2 Å². The summed E-state index contributed by atoms with van der Waals surface area (Å²) in [5.41, 5.74) is 8.15. The van der Waals surface area contributed by atoms with E-state index in [1.54, 1.807) is 0 Å². The van der Waals surface area contributed by atoms with E-state index in [0.717, 1.165) is 30.8 Å². The molecule has 0 spiro atoms. The van der Waals surface area contributed by atoms with Crippen molar-refractivity contribution in [3.63, 3.8) is 0 Å². The van der Waals surface area contributed by atoms with Gasteiger partial charge >= 0.3 is 0 Å². The van der Waals surface area contributed by atoms with Gasteiger partial charge in [-0.2, -0.15) is 0 Å². The SMILES string of the molecule is CC(N)C1CN(C(=O)Cc2ccc3c(c2)CCCO3)CCO1. The van der Waals surface area contributed by atoms with E-state index < -0.39 is 0 Å². The fraction of sp³-hybridized carbons (Fsp3) is 0.588. The molecule has 0 radical (unpaired) electrons. The van der Waals surface area contributed by atoms with Gasteiger partial charge in [-0.05, 0) is 37.0 Å². The molecule has 5 nitrogen and oxygen atoms in total. The second-order valence-corrected chi connectivity index (χ2v) is 6.18. The molecule has 1 fully saturated rings. The highest BCUT2D eigenvalue weighted by Crippen LogP contribution is 2.26. The number of hydrogen-bond donors (Lipinski definition) is 1. The Hall–Kier alpha value is -1.59. The number of carbonyl (C=O) groups is 1. The van der Waals surface area contributed by atoms with E-state index in [1.165, 1.54) is 5.56 Å². The second-order valence-electron chi connectivity index (χ2n) is 6.18. The lowest BCUT2D eigenvalue weighted by Gasteiger charge is -2.34. The number of rotatable bonds is 3. The molecule has 120 valence electrons. The Morgan fingerprint density at radius 3 is 3.14 bits per heavy atom. The first-order chi connectivity index (χ1) is 10.6. The van der Waals surface area contributed by atoms with Crippen LogP contribution < -0.4 is 10.5 Å². The minimum atomic E-state index is -0.0605. The number of nitrogens with zero attached hydrogens (tertiary/aromatic N) is 1. The molecule has 1 aromatic carbocycles. The summed E-state index contributed by atoms with van der Waals surface area (Å²) in [5, 5.41) is 0. The van der Waals surface area contributed by atoms with Crippen LogP contribution >= 0.6 is 0 Å². The fourth-order valence-electron chi connectivity index (χ4n) is 3.03. The quantitative estimate of drug-likeness (QED) is 0.909. The van der Waals surface area contributed by atoms with E-state index in [9.17, 15) is 4.79 Å². The van der Waals surface area contributed by atoms with Crippen molar-refractivity contribution in [2.75, 3.05) is 26.3 Å². The molecule has 0 bridgehead atoms. The van der Waals surface area contributed by atoms with Crippen LogP contribution in [0.25, 0.3) is 0 Å². The minimum Gasteiger partial charge on any atom is -0.493 e. The van der Waals surface area contributed by atoms with E-state index in [0.29, 0.717) is 26.1 Å². The van der Waals surface area contributed by atoms with Gasteiger partial charge in [0.2, 0.25) is 5.91 Å². The average Bonchev–Trinajstić information content (AvgIpc) is 2.55. The first-order valence-electron chi connectivity index (χ1n) is 8.03. The molecule has 2 aliphatic heterocycles. The Morgan fingerprint density at radius 2 is 2.32 bits per heavy atom. The van der Waals surface area contributed by atoms with Crippen molar-refractivity contribution in [1.29, 1.82) is 0 Å². The number of aryl methyl sites for hydroxylation is 1. The zero-order valence-electron chi connectivity index (χ0n) is 13.1. The summed E-state index contributed by atoms with van der Waals surface area (Å²) >= 11 is 0. The average molecular weight is 304 g/mol. The molecule has 0 aromatic heterocycles. The smallest absolute Gasteiger partial charge is 0.227 e. The Bertz CT molecular complexity index is 545. The molecule has 2 heterocycles. The van der Waals surface area contributed by atoms with Gasteiger partial charge in [-0.25, -0.2) is 0 Å². The van der Waals surface area contributed by atoms with Crippen molar-refractivity contribution in [3.8, 4) is 5.75 Å². The van der Waals surface area contributed by atoms with Gasteiger partial charge in [0.05, 0.1) is 25.7 Å². The molecule has 5 heteroatoms. The summed E-state index contributed by atoms with van der Waals surface area (Å²) in [7, 11) is 0. The predicted octanol–water partition coefficient (Wildman–Crippen LogP) is 1.13. The zero-order valence-corrected chi connectivity index (χ0v) is 13.1. The number of nitrogens with two attached hydrogens (primary N) is 1. The van der Waals surface area contributed by atoms with Crippen LogP contribution in [0.1, 0.15) is 24.5 Å². The summed E-state index contributed by atoms with van der Waals surface area (Å²) in [4.78, 5) is 14.4. The minimum absolute atomic E-state index is 0.0588. The molecule has 2 atom stereocenters. The number of benzene rings is 1. The highest BCUT2D eigenvalue weighted by molar-refractivity contribution is 5.79. The molecule has 22 heavy (non-hydrogen) atoms. The molecule has 1 aromatic rings. The number of ether oxygens (including phenoxy) is 2. The van der Waals surface area contributed by atoms with Crippen LogP contribution in [-0.4, -0.2) is 49.3 Å². The summed E-state index contributed by atoms with van der Waals surface area (Å²) < 4.78 is 11.2. The summed E-state index contributed by atoms with van der Waals surface area (Å²) in [5.74, 6) is 1.11. The highest BCUT2D eigenvalue weighted by Gasteiger charge is 2.26. The Kier molecular flexibility index (Phi) is 4.64. The van der Waals surface area contributed by atoms with Crippen molar-refractivity contribution >= 4 is 5.91 Å². The third-order valence-corrected chi connectivity index (χ3v) is 4.36. The molecular weight excluding hydrogens is 280 g/mol. The third kappa shape index (κ3) is 3.42. The number of morpholine rings is 1. The van der Waals surface area contributed by atoms with Gasteiger partial charge in [-0.1, -0.05) is 12.1 Å². The molecular formula is C17H24N2O3. The summed E-state index contributed by atoms with van der Waals surface area (Å²) in [6.45, 7) is 4.51. The van der Waals surface area contributed by atoms with E-state index in [-0.39, 0.29) is 18.1 Å². The van der Waals surface area contributed by atoms with Crippen molar-refractivity contribution in [3.05, 3.63) is 29.3 Å². The normalized spacial score (nSPS) is 22.6. The van der Waals surface area contributed by atoms with Gasteiger partial charge in [0, 0.05) is 19.1 Å². The van der Waals surface area contributed by atoms with E-state index in [4.69, 9.17) is 15.2 Å². The topological polar surface area (TPSA) is 64.8 Å². The van der Waals surface area contributed by atoms with Crippen molar-refractivity contribution in [2.24, 2.45) is 5.73 Å². The maximum atomic E-state index is 12.5. The Morgan fingerprint density at radius 1 is 1.45 bits per heavy atom. The molecule has 2 N–H and O–H groups in total. The van der Waals surface area contributed by atoms with Crippen LogP contribution in [0.5, 0.6) is 5.75 Å². The first kappa shape index (κ1) is 15.3.